The molecular weight excluding hydrogens is 280 g/mol. The van der Waals surface area contributed by atoms with Gasteiger partial charge in [-0.2, -0.15) is 0 Å². The SMILES string of the molecule is O=C(N[C@@H](C(=O)O)c1ccccc1Cl)c1cccnc1. The number of carbonyl (C=O) groups is 2. The molecule has 0 saturated carbocycles. The van der Waals surface area contributed by atoms with Gasteiger partial charge in [0.15, 0.2) is 6.04 Å². The Labute approximate surface area is 120 Å². The van der Waals surface area contributed by atoms with Crippen molar-refractivity contribution in [3.63, 3.8) is 0 Å². The molecule has 0 fully saturated rings. The number of hydrogen-bond donors (Lipinski definition) is 2. The van der Waals surface area contributed by atoms with Gasteiger partial charge in [0.1, 0.15) is 0 Å². The van der Waals surface area contributed by atoms with Crippen LogP contribution in [0.25, 0.3) is 0 Å². The third-order valence-corrected chi connectivity index (χ3v) is 3.01. The number of rotatable bonds is 4. The maximum Gasteiger partial charge on any atom is 0.330 e. The molecule has 1 aromatic carbocycles. The zero-order valence-electron chi connectivity index (χ0n) is 10.3. The standard InChI is InChI=1S/C14H11ClN2O3/c15-11-6-2-1-5-10(11)12(14(19)20)17-13(18)9-4-3-7-16-8-9/h1-8,12H,(H,17,18)(H,19,20)/t12-/m1/s1. The van der Waals surface area contributed by atoms with Gasteiger partial charge in [-0.3, -0.25) is 9.78 Å². The molecule has 0 radical (unpaired) electrons. The second-order valence-corrected chi connectivity index (χ2v) is 4.42. The van der Waals surface area contributed by atoms with E-state index in [1.165, 1.54) is 12.4 Å². The normalized spacial score (nSPS) is 11.7. The summed E-state index contributed by atoms with van der Waals surface area (Å²) in [5.74, 6) is -1.71. The van der Waals surface area contributed by atoms with Crippen molar-refractivity contribution in [2.24, 2.45) is 0 Å². The summed E-state index contributed by atoms with van der Waals surface area (Å²) in [5, 5.41) is 12.0. The summed E-state index contributed by atoms with van der Waals surface area (Å²) in [7, 11) is 0. The number of nitrogens with zero attached hydrogens (tertiary/aromatic N) is 1. The molecule has 2 aromatic rings. The zero-order valence-corrected chi connectivity index (χ0v) is 11.0. The second-order valence-electron chi connectivity index (χ2n) is 4.01. The summed E-state index contributed by atoms with van der Waals surface area (Å²) in [5.41, 5.74) is 0.615. The molecule has 20 heavy (non-hydrogen) atoms. The fourth-order valence-corrected chi connectivity index (χ4v) is 1.94. The van der Waals surface area contributed by atoms with Gasteiger partial charge in [-0.05, 0) is 18.2 Å². The number of carboxylic acid groups (broad SMARTS) is 1. The van der Waals surface area contributed by atoms with E-state index < -0.39 is 17.9 Å². The summed E-state index contributed by atoms with van der Waals surface area (Å²) >= 11 is 5.97. The molecule has 1 amide bonds. The lowest BCUT2D eigenvalue weighted by Crippen LogP contribution is -2.34. The van der Waals surface area contributed by atoms with Crippen LogP contribution in [0, 0.1) is 0 Å². The number of halogens is 1. The van der Waals surface area contributed by atoms with E-state index in [9.17, 15) is 14.7 Å². The lowest BCUT2D eigenvalue weighted by atomic mass is 10.1. The van der Waals surface area contributed by atoms with E-state index in [2.05, 4.69) is 10.3 Å². The average Bonchev–Trinajstić information content (AvgIpc) is 2.46. The molecule has 0 aliphatic heterocycles. The molecule has 1 heterocycles. The number of pyridine rings is 1. The minimum absolute atomic E-state index is 0.283. The summed E-state index contributed by atoms with van der Waals surface area (Å²) in [6, 6.07) is 8.42. The van der Waals surface area contributed by atoms with Crippen LogP contribution >= 0.6 is 11.6 Å². The number of aliphatic carboxylic acids is 1. The Hall–Kier alpha value is -2.40. The highest BCUT2D eigenvalue weighted by molar-refractivity contribution is 6.31. The Balaban J connectivity index is 2.26. The molecule has 0 saturated heterocycles. The van der Waals surface area contributed by atoms with Crippen LogP contribution in [-0.2, 0) is 4.79 Å². The van der Waals surface area contributed by atoms with E-state index in [-0.39, 0.29) is 10.6 Å². The average molecular weight is 291 g/mol. The van der Waals surface area contributed by atoms with Gasteiger partial charge in [0.05, 0.1) is 5.56 Å². The van der Waals surface area contributed by atoms with Crippen molar-refractivity contribution in [3.8, 4) is 0 Å². The molecule has 0 bridgehead atoms. The van der Waals surface area contributed by atoms with Crippen molar-refractivity contribution in [2.45, 2.75) is 6.04 Å². The number of benzene rings is 1. The predicted octanol–water partition coefficient (Wildman–Crippen LogP) is 2.29. The monoisotopic (exact) mass is 290 g/mol. The Bertz CT molecular complexity index is 631. The molecule has 2 rings (SSSR count). The van der Waals surface area contributed by atoms with Crippen LogP contribution < -0.4 is 5.32 Å². The fourth-order valence-electron chi connectivity index (χ4n) is 1.69. The molecular formula is C14H11ClN2O3. The first-order chi connectivity index (χ1) is 9.59. The lowest BCUT2D eigenvalue weighted by Gasteiger charge is -2.16. The second kappa shape index (κ2) is 6.16. The molecule has 6 heteroatoms. The molecule has 1 atom stereocenters. The third kappa shape index (κ3) is 3.13. The Morgan fingerprint density at radius 1 is 1.20 bits per heavy atom. The first kappa shape index (κ1) is 14.0. The maximum absolute atomic E-state index is 12.0. The predicted molar refractivity (Wildman–Crippen MR) is 73.5 cm³/mol. The van der Waals surface area contributed by atoms with Gasteiger partial charge in [0, 0.05) is 23.0 Å². The van der Waals surface area contributed by atoms with Crippen molar-refractivity contribution in [3.05, 3.63) is 64.9 Å². The van der Waals surface area contributed by atoms with Crippen molar-refractivity contribution >= 4 is 23.5 Å². The van der Waals surface area contributed by atoms with E-state index in [4.69, 9.17) is 11.6 Å². The highest BCUT2D eigenvalue weighted by atomic mass is 35.5. The molecule has 1 aromatic heterocycles. The first-order valence-corrected chi connectivity index (χ1v) is 6.15. The summed E-state index contributed by atoms with van der Waals surface area (Å²) in [4.78, 5) is 27.1. The van der Waals surface area contributed by atoms with Crippen LogP contribution in [-0.4, -0.2) is 22.0 Å². The van der Waals surface area contributed by atoms with Gasteiger partial charge < -0.3 is 10.4 Å². The fraction of sp³-hybridized carbons (Fsp3) is 0.0714. The van der Waals surface area contributed by atoms with Crippen LogP contribution in [0.5, 0.6) is 0 Å². The summed E-state index contributed by atoms with van der Waals surface area (Å²) in [6.45, 7) is 0. The van der Waals surface area contributed by atoms with Crippen LogP contribution in [0.15, 0.2) is 48.8 Å². The third-order valence-electron chi connectivity index (χ3n) is 2.66. The van der Waals surface area contributed by atoms with Crippen molar-refractivity contribution in [1.82, 2.24) is 10.3 Å². The zero-order chi connectivity index (χ0) is 14.5. The number of hydrogen-bond acceptors (Lipinski definition) is 3. The van der Waals surface area contributed by atoms with E-state index in [1.54, 1.807) is 36.4 Å². The Morgan fingerprint density at radius 2 is 1.95 bits per heavy atom. The lowest BCUT2D eigenvalue weighted by molar-refractivity contribution is -0.139. The van der Waals surface area contributed by atoms with Gasteiger partial charge in [-0.15, -0.1) is 0 Å². The van der Waals surface area contributed by atoms with E-state index in [0.29, 0.717) is 5.56 Å². The smallest absolute Gasteiger partial charge is 0.330 e. The van der Waals surface area contributed by atoms with Gasteiger partial charge in [0.2, 0.25) is 0 Å². The molecule has 5 nitrogen and oxygen atoms in total. The first-order valence-electron chi connectivity index (χ1n) is 5.77. The molecule has 0 aliphatic rings. The number of aromatic nitrogens is 1. The van der Waals surface area contributed by atoms with E-state index in [0.717, 1.165) is 0 Å². The molecule has 0 unspecified atom stereocenters. The number of amides is 1. The van der Waals surface area contributed by atoms with Gasteiger partial charge in [0.25, 0.3) is 5.91 Å². The van der Waals surface area contributed by atoms with E-state index in [1.807, 2.05) is 0 Å². The van der Waals surface area contributed by atoms with Crippen LogP contribution in [0.1, 0.15) is 22.0 Å². The summed E-state index contributed by atoms with van der Waals surface area (Å²) in [6.07, 6.45) is 2.89. The van der Waals surface area contributed by atoms with Gasteiger partial charge in [-0.25, -0.2) is 4.79 Å². The number of carbonyl (C=O) groups excluding carboxylic acids is 1. The minimum Gasteiger partial charge on any atom is -0.479 e. The molecule has 0 aliphatic carbocycles. The molecule has 2 N–H and O–H groups in total. The van der Waals surface area contributed by atoms with Crippen molar-refractivity contribution < 1.29 is 14.7 Å². The van der Waals surface area contributed by atoms with Crippen molar-refractivity contribution in [1.29, 1.82) is 0 Å². The van der Waals surface area contributed by atoms with Crippen LogP contribution in [0.3, 0.4) is 0 Å². The van der Waals surface area contributed by atoms with Gasteiger partial charge >= 0.3 is 5.97 Å². The largest absolute Gasteiger partial charge is 0.479 e. The van der Waals surface area contributed by atoms with Crippen molar-refractivity contribution in [2.75, 3.05) is 0 Å². The Kier molecular flexibility index (Phi) is 4.32. The maximum atomic E-state index is 12.0. The topological polar surface area (TPSA) is 79.3 Å². The summed E-state index contributed by atoms with van der Waals surface area (Å²) < 4.78 is 0. The highest BCUT2D eigenvalue weighted by Gasteiger charge is 2.24. The Morgan fingerprint density at radius 3 is 2.55 bits per heavy atom. The minimum atomic E-state index is -1.21. The van der Waals surface area contributed by atoms with Gasteiger partial charge in [-0.1, -0.05) is 29.8 Å². The quantitative estimate of drug-likeness (QED) is 0.905. The molecule has 0 spiro atoms. The number of carboxylic acids is 1. The van der Waals surface area contributed by atoms with Crippen LogP contribution in [0.2, 0.25) is 5.02 Å². The molecule has 102 valence electrons. The van der Waals surface area contributed by atoms with Crippen LogP contribution in [0.4, 0.5) is 0 Å². The number of nitrogens with one attached hydrogen (secondary N) is 1. The van der Waals surface area contributed by atoms with E-state index >= 15 is 0 Å². The highest BCUT2D eigenvalue weighted by Crippen LogP contribution is 2.23.